The van der Waals surface area contributed by atoms with Crippen LogP contribution in [0.5, 0.6) is 0 Å². The number of carboxylic acids is 1. The molecule has 0 fully saturated rings. The maximum absolute atomic E-state index is 13.5. The molecular formula is C13H10FNO2S. The van der Waals surface area contributed by atoms with Gasteiger partial charge in [-0.3, -0.25) is 0 Å². The van der Waals surface area contributed by atoms with Crippen molar-refractivity contribution >= 4 is 23.4 Å². The quantitative estimate of drug-likeness (QED) is 0.834. The Balaban J connectivity index is 2.33. The van der Waals surface area contributed by atoms with Crippen molar-refractivity contribution in [1.29, 1.82) is 0 Å². The Kier molecular flexibility index (Phi) is 3.53. The number of aromatic carboxylic acids is 1. The van der Waals surface area contributed by atoms with Crippen LogP contribution in [0.1, 0.15) is 10.4 Å². The zero-order valence-corrected chi connectivity index (χ0v) is 10.1. The molecule has 0 radical (unpaired) electrons. The molecule has 0 amide bonds. The van der Waals surface area contributed by atoms with Gasteiger partial charge in [0.1, 0.15) is 5.82 Å². The van der Waals surface area contributed by atoms with Gasteiger partial charge in [0.05, 0.1) is 5.56 Å². The number of nitrogen functional groups attached to an aromatic ring is 1. The summed E-state index contributed by atoms with van der Waals surface area (Å²) in [6.07, 6.45) is 0. The summed E-state index contributed by atoms with van der Waals surface area (Å²) in [6.45, 7) is 0. The predicted molar refractivity (Wildman–Crippen MR) is 68.3 cm³/mol. The minimum absolute atomic E-state index is 0.0244. The fourth-order valence-electron chi connectivity index (χ4n) is 1.44. The summed E-state index contributed by atoms with van der Waals surface area (Å²) in [5.41, 5.74) is 5.77. The molecule has 3 N–H and O–H groups in total. The molecule has 0 spiro atoms. The van der Waals surface area contributed by atoms with E-state index < -0.39 is 5.97 Å². The van der Waals surface area contributed by atoms with Crippen molar-refractivity contribution in [3.63, 3.8) is 0 Å². The van der Waals surface area contributed by atoms with Crippen molar-refractivity contribution in [2.24, 2.45) is 0 Å². The normalized spacial score (nSPS) is 10.3. The first-order chi connectivity index (χ1) is 8.58. The highest BCUT2D eigenvalue weighted by molar-refractivity contribution is 7.99. The Morgan fingerprint density at radius 2 is 1.94 bits per heavy atom. The summed E-state index contributed by atoms with van der Waals surface area (Å²) in [5, 5.41) is 8.95. The van der Waals surface area contributed by atoms with Crippen LogP contribution in [0.25, 0.3) is 0 Å². The van der Waals surface area contributed by atoms with Crippen molar-refractivity contribution < 1.29 is 14.3 Å². The zero-order chi connectivity index (χ0) is 13.1. The Morgan fingerprint density at radius 3 is 2.61 bits per heavy atom. The van der Waals surface area contributed by atoms with Gasteiger partial charge in [-0.05, 0) is 30.3 Å². The highest BCUT2D eigenvalue weighted by Gasteiger charge is 2.10. The highest BCUT2D eigenvalue weighted by atomic mass is 32.2. The topological polar surface area (TPSA) is 63.3 Å². The molecule has 3 nitrogen and oxygen atoms in total. The third-order valence-corrected chi connectivity index (χ3v) is 3.36. The van der Waals surface area contributed by atoms with Gasteiger partial charge in [-0.15, -0.1) is 0 Å². The van der Waals surface area contributed by atoms with Gasteiger partial charge in [0.15, 0.2) is 0 Å². The number of rotatable bonds is 3. The van der Waals surface area contributed by atoms with Crippen LogP contribution in [0.4, 0.5) is 10.1 Å². The molecule has 0 heterocycles. The average molecular weight is 263 g/mol. The number of benzene rings is 2. The molecule has 0 aliphatic carbocycles. The monoisotopic (exact) mass is 263 g/mol. The Labute approximate surface area is 107 Å². The molecule has 5 heteroatoms. The standard InChI is InChI=1S/C13H10FNO2S/c14-10-3-1-2-4-12(10)18-8-5-6-11(15)9(7-8)13(16)17/h1-7H,15H2,(H,16,17). The third kappa shape index (κ3) is 2.62. The van der Waals surface area contributed by atoms with Crippen molar-refractivity contribution in [2.75, 3.05) is 5.73 Å². The molecular weight excluding hydrogens is 253 g/mol. The van der Waals surface area contributed by atoms with E-state index in [1.807, 2.05) is 0 Å². The second kappa shape index (κ2) is 5.10. The van der Waals surface area contributed by atoms with Gasteiger partial charge in [-0.2, -0.15) is 0 Å². The van der Waals surface area contributed by atoms with Crippen molar-refractivity contribution in [3.8, 4) is 0 Å². The van der Waals surface area contributed by atoms with Crippen LogP contribution in [0.15, 0.2) is 52.3 Å². The van der Waals surface area contributed by atoms with Gasteiger partial charge < -0.3 is 10.8 Å². The predicted octanol–water partition coefficient (Wildman–Crippen LogP) is 3.26. The molecule has 0 saturated carbocycles. The number of hydrogen-bond donors (Lipinski definition) is 2. The van der Waals surface area contributed by atoms with Crippen LogP contribution in [-0.4, -0.2) is 11.1 Å². The lowest BCUT2D eigenvalue weighted by atomic mass is 10.2. The minimum Gasteiger partial charge on any atom is -0.478 e. The van der Waals surface area contributed by atoms with Crippen LogP contribution < -0.4 is 5.73 Å². The maximum atomic E-state index is 13.5. The van der Waals surface area contributed by atoms with Gasteiger partial charge in [0.25, 0.3) is 0 Å². The first-order valence-corrected chi connectivity index (χ1v) is 5.95. The van der Waals surface area contributed by atoms with Crippen LogP contribution in [0.3, 0.4) is 0 Å². The number of hydrogen-bond acceptors (Lipinski definition) is 3. The van der Waals surface area contributed by atoms with Crippen LogP contribution in [0.2, 0.25) is 0 Å². The first kappa shape index (κ1) is 12.4. The Bertz CT molecular complexity index is 601. The largest absolute Gasteiger partial charge is 0.478 e. The number of halogens is 1. The molecule has 18 heavy (non-hydrogen) atoms. The molecule has 0 unspecified atom stereocenters. The fraction of sp³-hybridized carbons (Fsp3) is 0. The fourth-order valence-corrected chi connectivity index (χ4v) is 2.32. The van der Waals surface area contributed by atoms with E-state index in [0.29, 0.717) is 9.79 Å². The Morgan fingerprint density at radius 1 is 1.22 bits per heavy atom. The molecule has 2 aromatic carbocycles. The van der Waals surface area contributed by atoms with Crippen molar-refractivity contribution in [1.82, 2.24) is 0 Å². The number of anilines is 1. The molecule has 92 valence electrons. The van der Waals surface area contributed by atoms with E-state index in [4.69, 9.17) is 10.8 Å². The molecule has 2 aromatic rings. The Hall–Kier alpha value is -2.01. The summed E-state index contributed by atoms with van der Waals surface area (Å²) >= 11 is 1.16. The molecule has 0 aliphatic rings. The average Bonchev–Trinajstić information content (AvgIpc) is 2.34. The number of nitrogens with two attached hydrogens (primary N) is 1. The van der Waals surface area contributed by atoms with Gasteiger partial charge >= 0.3 is 5.97 Å². The van der Waals surface area contributed by atoms with Crippen LogP contribution in [0, 0.1) is 5.82 Å². The third-order valence-electron chi connectivity index (χ3n) is 2.32. The zero-order valence-electron chi connectivity index (χ0n) is 9.26. The lowest BCUT2D eigenvalue weighted by Gasteiger charge is -2.06. The number of carbonyl (C=O) groups is 1. The molecule has 0 bridgehead atoms. The van der Waals surface area contributed by atoms with Gasteiger partial charge in [0.2, 0.25) is 0 Å². The van der Waals surface area contributed by atoms with E-state index in [0.717, 1.165) is 11.8 Å². The van der Waals surface area contributed by atoms with E-state index >= 15 is 0 Å². The van der Waals surface area contributed by atoms with E-state index in [1.165, 1.54) is 18.2 Å². The van der Waals surface area contributed by atoms with E-state index in [1.54, 1.807) is 24.3 Å². The van der Waals surface area contributed by atoms with Crippen molar-refractivity contribution in [2.45, 2.75) is 9.79 Å². The van der Waals surface area contributed by atoms with Gasteiger partial charge in [0, 0.05) is 15.5 Å². The molecule has 0 atom stereocenters. The van der Waals surface area contributed by atoms with Gasteiger partial charge in [-0.25, -0.2) is 9.18 Å². The second-order valence-electron chi connectivity index (χ2n) is 3.59. The summed E-state index contributed by atoms with van der Waals surface area (Å²) in [6, 6.07) is 10.9. The lowest BCUT2D eigenvalue weighted by molar-refractivity contribution is 0.0698. The van der Waals surface area contributed by atoms with Crippen LogP contribution >= 0.6 is 11.8 Å². The summed E-state index contributed by atoms with van der Waals surface area (Å²) in [7, 11) is 0. The smallest absolute Gasteiger partial charge is 0.337 e. The maximum Gasteiger partial charge on any atom is 0.337 e. The molecule has 0 aliphatic heterocycles. The first-order valence-electron chi connectivity index (χ1n) is 5.13. The summed E-state index contributed by atoms with van der Waals surface area (Å²) in [4.78, 5) is 12.0. The number of carboxylic acid groups (broad SMARTS) is 1. The van der Waals surface area contributed by atoms with Crippen molar-refractivity contribution in [3.05, 3.63) is 53.8 Å². The molecule has 0 saturated heterocycles. The van der Waals surface area contributed by atoms with E-state index in [-0.39, 0.29) is 17.1 Å². The second-order valence-corrected chi connectivity index (χ2v) is 4.70. The molecule has 2 rings (SSSR count). The minimum atomic E-state index is -1.09. The van der Waals surface area contributed by atoms with E-state index in [9.17, 15) is 9.18 Å². The van der Waals surface area contributed by atoms with E-state index in [2.05, 4.69) is 0 Å². The van der Waals surface area contributed by atoms with Crippen LogP contribution in [-0.2, 0) is 0 Å². The highest BCUT2D eigenvalue weighted by Crippen LogP contribution is 2.31. The molecule has 0 aromatic heterocycles. The summed E-state index contributed by atoms with van der Waals surface area (Å²) < 4.78 is 13.5. The SMILES string of the molecule is Nc1ccc(Sc2ccccc2F)cc1C(=O)O. The van der Waals surface area contributed by atoms with Gasteiger partial charge in [-0.1, -0.05) is 23.9 Å². The lowest BCUT2D eigenvalue weighted by Crippen LogP contribution is -2.02. The summed E-state index contributed by atoms with van der Waals surface area (Å²) in [5.74, 6) is -1.43.